The molecule has 0 saturated heterocycles. The fourth-order valence-electron chi connectivity index (χ4n) is 2.21. The number of para-hydroxylation sites is 1. The number of carbonyl (C=O) groups excluding carboxylic acids is 2. The Bertz CT molecular complexity index is 819. The van der Waals surface area contributed by atoms with Gasteiger partial charge in [-0.25, -0.2) is 5.43 Å². The molecule has 0 radical (unpaired) electrons. The van der Waals surface area contributed by atoms with Crippen molar-refractivity contribution in [1.82, 2.24) is 5.43 Å². The van der Waals surface area contributed by atoms with Crippen molar-refractivity contribution in [3.05, 3.63) is 48.0 Å². The molecule has 8 nitrogen and oxygen atoms in total. The van der Waals surface area contributed by atoms with E-state index in [1.165, 1.54) is 20.4 Å². The summed E-state index contributed by atoms with van der Waals surface area (Å²) in [6, 6.07) is 11.9. The van der Waals surface area contributed by atoms with Crippen LogP contribution in [0.15, 0.2) is 47.6 Å². The van der Waals surface area contributed by atoms with E-state index in [1.807, 2.05) is 6.92 Å². The topological polar surface area (TPSA) is 98.2 Å². The Kier molecular flexibility index (Phi) is 7.18. The van der Waals surface area contributed by atoms with Crippen molar-refractivity contribution in [2.75, 3.05) is 26.1 Å². The van der Waals surface area contributed by atoms with Gasteiger partial charge >= 0.3 is 11.8 Å². The first kappa shape index (κ1) is 19.8. The van der Waals surface area contributed by atoms with Gasteiger partial charge in [0.25, 0.3) is 0 Å². The Labute approximate surface area is 157 Å². The molecule has 0 aliphatic carbocycles. The smallest absolute Gasteiger partial charge is 0.329 e. The number of ether oxygens (including phenoxy) is 3. The summed E-state index contributed by atoms with van der Waals surface area (Å²) in [6.45, 7) is 2.42. The van der Waals surface area contributed by atoms with E-state index in [2.05, 4.69) is 15.8 Å². The van der Waals surface area contributed by atoms with Crippen LogP contribution in [0.1, 0.15) is 12.5 Å². The van der Waals surface area contributed by atoms with E-state index < -0.39 is 11.8 Å². The predicted octanol–water partition coefficient (Wildman–Crippen LogP) is 2.19. The van der Waals surface area contributed by atoms with Crippen molar-refractivity contribution in [3.63, 3.8) is 0 Å². The molecule has 0 saturated carbocycles. The van der Waals surface area contributed by atoms with Crippen LogP contribution in [0, 0.1) is 0 Å². The molecule has 8 heteroatoms. The van der Waals surface area contributed by atoms with Gasteiger partial charge in [0.1, 0.15) is 5.75 Å². The zero-order chi connectivity index (χ0) is 19.6. The van der Waals surface area contributed by atoms with Crippen LogP contribution in [0.3, 0.4) is 0 Å². The standard InChI is InChI=1S/C19H21N3O5/c1-4-27-15-10-8-14(9-11-15)21-18(23)19(24)22-20-12-13-6-5-7-16(25-2)17(13)26-3/h5-12H,4H2,1-3H3,(H,21,23)(H,22,24)/b20-12+. The van der Waals surface area contributed by atoms with E-state index in [0.29, 0.717) is 35.1 Å². The number of nitrogens with one attached hydrogen (secondary N) is 2. The number of hydrogen-bond donors (Lipinski definition) is 2. The second-order valence-corrected chi connectivity index (χ2v) is 5.19. The number of rotatable bonds is 7. The maximum Gasteiger partial charge on any atom is 0.329 e. The van der Waals surface area contributed by atoms with Crippen LogP contribution >= 0.6 is 0 Å². The molecular formula is C19H21N3O5. The minimum atomic E-state index is -0.901. The number of methoxy groups -OCH3 is 2. The fourth-order valence-corrected chi connectivity index (χ4v) is 2.21. The Morgan fingerprint density at radius 1 is 1.04 bits per heavy atom. The Morgan fingerprint density at radius 2 is 1.78 bits per heavy atom. The number of anilines is 1. The highest BCUT2D eigenvalue weighted by Crippen LogP contribution is 2.29. The quantitative estimate of drug-likeness (QED) is 0.442. The average Bonchev–Trinajstić information content (AvgIpc) is 2.69. The van der Waals surface area contributed by atoms with Crippen molar-refractivity contribution < 1.29 is 23.8 Å². The normalized spacial score (nSPS) is 10.3. The van der Waals surface area contributed by atoms with Gasteiger partial charge in [0.05, 0.1) is 27.0 Å². The fraction of sp³-hybridized carbons (Fsp3) is 0.211. The lowest BCUT2D eigenvalue weighted by Gasteiger charge is -2.09. The zero-order valence-corrected chi connectivity index (χ0v) is 15.3. The molecule has 0 atom stereocenters. The van der Waals surface area contributed by atoms with Gasteiger partial charge in [-0.2, -0.15) is 5.10 Å². The van der Waals surface area contributed by atoms with Crippen molar-refractivity contribution in [3.8, 4) is 17.2 Å². The maximum atomic E-state index is 11.9. The third-order valence-corrected chi connectivity index (χ3v) is 3.43. The van der Waals surface area contributed by atoms with Gasteiger partial charge in [0, 0.05) is 11.3 Å². The summed E-state index contributed by atoms with van der Waals surface area (Å²) >= 11 is 0. The van der Waals surface area contributed by atoms with Gasteiger partial charge in [-0.05, 0) is 43.3 Å². The van der Waals surface area contributed by atoms with E-state index in [1.54, 1.807) is 42.5 Å². The third-order valence-electron chi connectivity index (χ3n) is 3.43. The van der Waals surface area contributed by atoms with Crippen LogP contribution in [-0.4, -0.2) is 38.9 Å². The molecule has 2 aromatic carbocycles. The number of hydrogen-bond acceptors (Lipinski definition) is 6. The lowest BCUT2D eigenvalue weighted by Crippen LogP contribution is -2.32. The number of carbonyl (C=O) groups is 2. The highest BCUT2D eigenvalue weighted by atomic mass is 16.5. The Balaban J connectivity index is 1.95. The van der Waals surface area contributed by atoms with Crippen LogP contribution in [-0.2, 0) is 9.59 Å². The summed E-state index contributed by atoms with van der Waals surface area (Å²) in [5, 5.41) is 6.26. The molecule has 2 amide bonds. The first-order chi connectivity index (χ1) is 13.1. The number of amides is 2. The third kappa shape index (κ3) is 5.46. The SMILES string of the molecule is CCOc1ccc(NC(=O)C(=O)N/N=C/c2cccc(OC)c2OC)cc1. The summed E-state index contributed by atoms with van der Waals surface area (Å²) < 4.78 is 15.8. The first-order valence-corrected chi connectivity index (χ1v) is 8.17. The van der Waals surface area contributed by atoms with Gasteiger partial charge in [0.15, 0.2) is 11.5 Å². The van der Waals surface area contributed by atoms with Crippen molar-refractivity contribution >= 4 is 23.7 Å². The van der Waals surface area contributed by atoms with Crippen molar-refractivity contribution in [2.45, 2.75) is 6.92 Å². The zero-order valence-electron chi connectivity index (χ0n) is 15.3. The highest BCUT2D eigenvalue weighted by Gasteiger charge is 2.13. The van der Waals surface area contributed by atoms with E-state index in [-0.39, 0.29) is 0 Å². The number of hydrazone groups is 1. The second-order valence-electron chi connectivity index (χ2n) is 5.19. The molecule has 0 heterocycles. The van der Waals surface area contributed by atoms with Gasteiger partial charge in [-0.15, -0.1) is 0 Å². The summed E-state index contributed by atoms with van der Waals surface area (Å²) in [6.07, 6.45) is 1.36. The average molecular weight is 371 g/mol. The highest BCUT2D eigenvalue weighted by molar-refractivity contribution is 6.39. The molecule has 0 bridgehead atoms. The summed E-state index contributed by atoms with van der Waals surface area (Å²) in [5.41, 5.74) is 3.23. The van der Waals surface area contributed by atoms with Gasteiger partial charge in [-0.3, -0.25) is 9.59 Å². The molecule has 0 spiro atoms. The van der Waals surface area contributed by atoms with Crippen LogP contribution in [0.25, 0.3) is 0 Å². The van der Waals surface area contributed by atoms with Crippen molar-refractivity contribution in [1.29, 1.82) is 0 Å². The summed E-state index contributed by atoms with van der Waals surface area (Å²) in [4.78, 5) is 23.8. The monoisotopic (exact) mass is 371 g/mol. The molecule has 2 N–H and O–H groups in total. The Morgan fingerprint density at radius 3 is 2.41 bits per heavy atom. The molecule has 27 heavy (non-hydrogen) atoms. The molecule has 2 rings (SSSR count). The Hall–Kier alpha value is -3.55. The minimum Gasteiger partial charge on any atom is -0.494 e. The second kappa shape index (κ2) is 9.81. The van der Waals surface area contributed by atoms with Gasteiger partial charge in [-0.1, -0.05) is 6.07 Å². The van der Waals surface area contributed by atoms with Crippen LogP contribution in [0.5, 0.6) is 17.2 Å². The largest absolute Gasteiger partial charge is 0.494 e. The van der Waals surface area contributed by atoms with Gasteiger partial charge < -0.3 is 19.5 Å². The maximum absolute atomic E-state index is 11.9. The van der Waals surface area contributed by atoms with Gasteiger partial charge in [0.2, 0.25) is 0 Å². The molecule has 142 valence electrons. The van der Waals surface area contributed by atoms with E-state index in [0.717, 1.165) is 0 Å². The van der Waals surface area contributed by atoms with E-state index in [4.69, 9.17) is 14.2 Å². The summed E-state index contributed by atoms with van der Waals surface area (Å²) in [5.74, 6) is -0.0643. The van der Waals surface area contributed by atoms with Crippen LogP contribution < -0.4 is 25.0 Å². The van der Waals surface area contributed by atoms with Crippen molar-refractivity contribution in [2.24, 2.45) is 5.10 Å². The lowest BCUT2D eigenvalue weighted by atomic mass is 10.2. The molecule has 2 aromatic rings. The van der Waals surface area contributed by atoms with Crippen LogP contribution in [0.4, 0.5) is 5.69 Å². The lowest BCUT2D eigenvalue weighted by molar-refractivity contribution is -0.136. The summed E-state index contributed by atoms with van der Waals surface area (Å²) in [7, 11) is 3.02. The van der Waals surface area contributed by atoms with E-state index >= 15 is 0 Å². The first-order valence-electron chi connectivity index (χ1n) is 8.17. The molecule has 0 unspecified atom stereocenters. The van der Waals surface area contributed by atoms with E-state index in [9.17, 15) is 9.59 Å². The molecule has 0 aliphatic heterocycles. The van der Waals surface area contributed by atoms with Crippen LogP contribution in [0.2, 0.25) is 0 Å². The molecular weight excluding hydrogens is 350 g/mol. The predicted molar refractivity (Wildman–Crippen MR) is 102 cm³/mol. The number of benzene rings is 2. The molecule has 0 aromatic heterocycles. The number of nitrogens with zero attached hydrogens (tertiary/aromatic N) is 1. The minimum absolute atomic E-state index is 0.469. The molecule has 0 aliphatic rings. The molecule has 0 fully saturated rings.